The van der Waals surface area contributed by atoms with E-state index in [-0.39, 0.29) is 35.5 Å². The van der Waals surface area contributed by atoms with Crippen LogP contribution in [0.5, 0.6) is 0 Å². The maximum atomic E-state index is 14.2. The van der Waals surface area contributed by atoms with E-state index in [0.717, 1.165) is 17.5 Å². The highest BCUT2D eigenvalue weighted by Crippen LogP contribution is 2.66. The molecule has 1 spiro atoms. The van der Waals surface area contributed by atoms with Crippen molar-refractivity contribution in [3.05, 3.63) is 71.8 Å². The molecule has 3 heterocycles. The van der Waals surface area contributed by atoms with Gasteiger partial charge in [-0.3, -0.25) is 14.4 Å². The minimum atomic E-state index is -0.721. The molecule has 0 aromatic heterocycles. The number of nitrogens with one attached hydrogen (secondary N) is 2. The predicted molar refractivity (Wildman–Crippen MR) is 148 cm³/mol. The van der Waals surface area contributed by atoms with E-state index < -0.39 is 28.7 Å². The second-order valence-corrected chi connectivity index (χ2v) is 12.8. The first-order valence-electron chi connectivity index (χ1n) is 13.6. The molecule has 0 aliphatic carbocycles. The topological polar surface area (TPSA) is 98.7 Å². The molecule has 8 heteroatoms. The van der Waals surface area contributed by atoms with Gasteiger partial charge in [-0.2, -0.15) is 0 Å². The van der Waals surface area contributed by atoms with Crippen molar-refractivity contribution in [3.8, 4) is 0 Å². The van der Waals surface area contributed by atoms with E-state index in [9.17, 15) is 19.5 Å². The molecule has 3 N–H and O–H groups in total. The molecule has 2 aromatic carbocycles. The summed E-state index contributed by atoms with van der Waals surface area (Å²) >= 11 is 1.65. The summed E-state index contributed by atoms with van der Waals surface area (Å²) in [5.41, 5.74) is 1.98. The van der Waals surface area contributed by atoms with Gasteiger partial charge in [0.1, 0.15) is 6.04 Å². The van der Waals surface area contributed by atoms with Crippen LogP contribution in [0.2, 0.25) is 0 Å². The molecule has 7 nitrogen and oxygen atoms in total. The lowest BCUT2D eigenvalue weighted by Gasteiger charge is -2.37. The Bertz CT molecular complexity index is 1160. The largest absolute Gasteiger partial charge is 0.394 e. The van der Waals surface area contributed by atoms with E-state index in [2.05, 4.69) is 10.6 Å². The molecule has 0 saturated carbocycles. The van der Waals surface area contributed by atoms with Crippen molar-refractivity contribution < 1.29 is 19.5 Å². The summed E-state index contributed by atoms with van der Waals surface area (Å²) in [5.74, 6) is -1.32. The third-order valence-corrected chi connectivity index (χ3v) is 10.2. The number of thioether (sulfide) groups is 1. The summed E-state index contributed by atoms with van der Waals surface area (Å²) in [6.07, 6.45) is 2.09. The second-order valence-electron chi connectivity index (χ2n) is 11.2. The number of rotatable bonds is 10. The zero-order valence-electron chi connectivity index (χ0n) is 22.0. The maximum absolute atomic E-state index is 14.2. The van der Waals surface area contributed by atoms with E-state index in [1.165, 1.54) is 0 Å². The quantitative estimate of drug-likeness (QED) is 0.434. The summed E-state index contributed by atoms with van der Waals surface area (Å²) in [6.45, 7) is 4.65. The van der Waals surface area contributed by atoms with E-state index in [4.69, 9.17) is 0 Å². The summed E-state index contributed by atoms with van der Waals surface area (Å²) in [6, 6.07) is 18.2. The predicted octanol–water partition coefficient (Wildman–Crippen LogP) is 3.12. The maximum Gasteiger partial charge on any atom is 0.244 e. The Morgan fingerprint density at radius 1 is 1.00 bits per heavy atom. The number of aliphatic hydroxyl groups excluding tert-OH is 1. The molecule has 6 atom stereocenters. The molecule has 2 unspecified atom stereocenters. The van der Waals surface area contributed by atoms with Gasteiger partial charge in [-0.1, -0.05) is 74.5 Å². The molecule has 3 aliphatic heterocycles. The first-order chi connectivity index (χ1) is 18.4. The number of fused-ring (bicyclic) bond motifs is 1. The average molecular weight is 536 g/mol. The van der Waals surface area contributed by atoms with Gasteiger partial charge in [0.15, 0.2) is 0 Å². The Morgan fingerprint density at radius 2 is 1.58 bits per heavy atom. The van der Waals surface area contributed by atoms with Gasteiger partial charge in [0.25, 0.3) is 0 Å². The van der Waals surface area contributed by atoms with Crippen LogP contribution in [0.1, 0.15) is 44.2 Å². The van der Waals surface area contributed by atoms with Crippen molar-refractivity contribution in [1.29, 1.82) is 0 Å². The fourth-order valence-electron chi connectivity index (χ4n) is 6.69. The number of carbonyl (C=O) groups excluding carboxylic acids is 3. The minimum Gasteiger partial charge on any atom is -0.394 e. The fraction of sp³-hybridized carbons (Fsp3) is 0.500. The number of hydrogen-bond donors (Lipinski definition) is 3. The standard InChI is InChI=1S/C30H37N3O4S/c1-19(2)15-22(18-34)33-26(28(36)32-17-21-11-7-4-8-12-21)30-14-13-23(38-30)24(25(30)29(33)37)27(35)31-16-20-9-5-3-6-10-20/h3-12,19,22-26,34H,13-18H2,1-2H3,(H,31,35)(H,32,36)/t22-,23+,24-,25+,26?,30?/m1/s1. The summed E-state index contributed by atoms with van der Waals surface area (Å²) < 4.78 is -0.665. The minimum absolute atomic E-state index is 0.00368. The Labute approximate surface area is 228 Å². The highest BCUT2D eigenvalue weighted by Gasteiger charge is 2.74. The Balaban J connectivity index is 1.43. The van der Waals surface area contributed by atoms with Gasteiger partial charge in [0.05, 0.1) is 29.2 Å². The molecule has 2 aromatic rings. The van der Waals surface area contributed by atoms with Gasteiger partial charge in [0.2, 0.25) is 17.7 Å². The second kappa shape index (κ2) is 11.1. The van der Waals surface area contributed by atoms with Crippen LogP contribution in [-0.2, 0) is 27.5 Å². The van der Waals surface area contributed by atoms with Crippen molar-refractivity contribution in [2.24, 2.45) is 17.8 Å². The van der Waals surface area contributed by atoms with E-state index in [1.54, 1.807) is 16.7 Å². The van der Waals surface area contributed by atoms with E-state index in [1.807, 2.05) is 74.5 Å². The van der Waals surface area contributed by atoms with Crippen LogP contribution < -0.4 is 10.6 Å². The Hall–Kier alpha value is -2.84. The molecule has 5 rings (SSSR count). The number of amides is 3. The van der Waals surface area contributed by atoms with E-state index in [0.29, 0.717) is 25.9 Å². The van der Waals surface area contributed by atoms with Gasteiger partial charge < -0.3 is 20.6 Å². The lowest BCUT2D eigenvalue weighted by Crippen LogP contribution is -2.56. The van der Waals surface area contributed by atoms with Crippen LogP contribution in [0.3, 0.4) is 0 Å². The number of carbonyl (C=O) groups is 3. The van der Waals surface area contributed by atoms with Gasteiger partial charge >= 0.3 is 0 Å². The number of likely N-dealkylation sites (tertiary alicyclic amines) is 1. The smallest absolute Gasteiger partial charge is 0.244 e. The van der Waals surface area contributed by atoms with Gasteiger partial charge in [-0.25, -0.2) is 0 Å². The summed E-state index contributed by atoms with van der Waals surface area (Å²) in [5, 5.41) is 16.5. The van der Waals surface area contributed by atoms with Crippen molar-refractivity contribution in [3.63, 3.8) is 0 Å². The molecule has 3 saturated heterocycles. The first kappa shape index (κ1) is 26.8. The van der Waals surface area contributed by atoms with Crippen LogP contribution in [0.15, 0.2) is 60.7 Å². The molecule has 3 amide bonds. The number of aliphatic hydroxyl groups is 1. The highest BCUT2D eigenvalue weighted by atomic mass is 32.2. The summed E-state index contributed by atoms with van der Waals surface area (Å²) in [4.78, 5) is 43.3. The monoisotopic (exact) mass is 535 g/mol. The van der Waals surface area contributed by atoms with Crippen molar-refractivity contribution >= 4 is 29.5 Å². The lowest BCUT2D eigenvalue weighted by molar-refractivity contribution is -0.143. The van der Waals surface area contributed by atoms with E-state index >= 15 is 0 Å². The third-order valence-electron chi connectivity index (χ3n) is 8.26. The Kier molecular flexibility index (Phi) is 7.82. The third kappa shape index (κ3) is 4.84. The highest BCUT2D eigenvalue weighted by molar-refractivity contribution is 8.02. The van der Waals surface area contributed by atoms with Crippen LogP contribution >= 0.6 is 11.8 Å². The zero-order chi connectivity index (χ0) is 26.9. The van der Waals surface area contributed by atoms with Crippen molar-refractivity contribution in [2.45, 2.75) is 68.3 Å². The Morgan fingerprint density at radius 3 is 2.13 bits per heavy atom. The normalized spacial score (nSPS) is 28.4. The molecule has 3 fully saturated rings. The van der Waals surface area contributed by atoms with Crippen molar-refractivity contribution in [1.82, 2.24) is 15.5 Å². The molecular formula is C30H37N3O4S. The van der Waals surface area contributed by atoms with Gasteiger partial charge in [-0.05, 0) is 36.3 Å². The molecule has 38 heavy (non-hydrogen) atoms. The average Bonchev–Trinajstić information content (AvgIpc) is 3.57. The van der Waals surface area contributed by atoms with Crippen molar-refractivity contribution in [2.75, 3.05) is 6.61 Å². The van der Waals surface area contributed by atoms with Gasteiger partial charge in [-0.15, -0.1) is 11.8 Å². The fourth-order valence-corrected chi connectivity index (χ4v) is 8.89. The lowest BCUT2D eigenvalue weighted by atomic mass is 9.70. The number of nitrogens with zero attached hydrogens (tertiary/aromatic N) is 1. The molecular weight excluding hydrogens is 498 g/mol. The van der Waals surface area contributed by atoms with Crippen LogP contribution in [0, 0.1) is 17.8 Å². The molecule has 202 valence electrons. The van der Waals surface area contributed by atoms with Crippen LogP contribution in [0.25, 0.3) is 0 Å². The van der Waals surface area contributed by atoms with Crippen LogP contribution in [0.4, 0.5) is 0 Å². The zero-order valence-corrected chi connectivity index (χ0v) is 22.8. The molecule has 2 bridgehead atoms. The number of hydrogen-bond acceptors (Lipinski definition) is 5. The van der Waals surface area contributed by atoms with Crippen LogP contribution in [-0.4, -0.2) is 56.4 Å². The molecule has 3 aliphatic rings. The SMILES string of the molecule is CC(C)C[C@H](CO)N1C(=O)[C@@H]2[C@H](C(=O)NCc3ccccc3)[C@@H]3CCC2(S3)C1C(=O)NCc1ccccc1. The first-order valence-corrected chi connectivity index (χ1v) is 14.5. The summed E-state index contributed by atoms with van der Waals surface area (Å²) in [7, 11) is 0. The number of benzene rings is 2. The molecule has 0 radical (unpaired) electrons. The van der Waals surface area contributed by atoms with Gasteiger partial charge in [0, 0.05) is 18.3 Å².